The molecule has 0 amide bonds. The van der Waals surface area contributed by atoms with Gasteiger partial charge in [-0.3, -0.25) is 0 Å². The lowest BCUT2D eigenvalue weighted by Crippen LogP contribution is -2.37. The average molecular weight is 257 g/mol. The molecular weight excluding hydrogens is 230 g/mol. The molecule has 2 N–H and O–H groups in total. The van der Waals surface area contributed by atoms with E-state index >= 15 is 0 Å². The number of hydrogen-bond donors (Lipinski definition) is 2. The topological polar surface area (TPSA) is 50.7 Å². The third kappa shape index (κ3) is 4.84. The first kappa shape index (κ1) is 14.3. The number of rotatable bonds is 7. The van der Waals surface area contributed by atoms with Gasteiger partial charge in [-0.25, -0.2) is 0 Å². The molecule has 4 nitrogen and oxygen atoms in total. The zero-order chi connectivity index (χ0) is 13.0. The minimum Gasteiger partial charge on any atom is -0.395 e. The summed E-state index contributed by atoms with van der Waals surface area (Å²) in [4.78, 5) is 0. The van der Waals surface area contributed by atoms with E-state index in [0.717, 1.165) is 25.9 Å². The Balaban J connectivity index is 1.61. The molecule has 0 spiro atoms. The minimum absolute atomic E-state index is 0.201. The Bertz CT molecular complexity index is 235. The molecule has 0 aromatic heterocycles. The van der Waals surface area contributed by atoms with Gasteiger partial charge >= 0.3 is 0 Å². The highest BCUT2D eigenvalue weighted by Crippen LogP contribution is 2.22. The van der Waals surface area contributed by atoms with Crippen molar-refractivity contribution in [3.05, 3.63) is 0 Å². The third-order valence-electron chi connectivity index (χ3n) is 3.74. The number of aliphatic hydroxyl groups excluding tert-OH is 1. The van der Waals surface area contributed by atoms with E-state index in [1.54, 1.807) is 0 Å². The van der Waals surface area contributed by atoms with Gasteiger partial charge in [0.1, 0.15) is 0 Å². The molecule has 0 bridgehead atoms. The molecule has 4 heteroatoms. The quantitative estimate of drug-likeness (QED) is 0.725. The molecule has 1 saturated heterocycles. The molecule has 18 heavy (non-hydrogen) atoms. The van der Waals surface area contributed by atoms with Crippen LogP contribution < -0.4 is 5.32 Å². The van der Waals surface area contributed by atoms with Gasteiger partial charge in [-0.1, -0.05) is 0 Å². The van der Waals surface area contributed by atoms with Crippen molar-refractivity contribution in [2.75, 3.05) is 13.2 Å². The maximum Gasteiger partial charge on any atom is 0.0624 e. The second-order valence-electron chi connectivity index (χ2n) is 5.83. The van der Waals surface area contributed by atoms with Gasteiger partial charge in [0, 0.05) is 18.7 Å². The van der Waals surface area contributed by atoms with Crippen LogP contribution in [0.2, 0.25) is 0 Å². The molecule has 3 unspecified atom stereocenters. The van der Waals surface area contributed by atoms with Gasteiger partial charge in [0.25, 0.3) is 0 Å². The summed E-state index contributed by atoms with van der Waals surface area (Å²) in [5.74, 6) is 0. The maximum atomic E-state index is 9.29. The van der Waals surface area contributed by atoms with E-state index in [1.807, 2.05) is 0 Å². The lowest BCUT2D eigenvalue weighted by molar-refractivity contribution is -0.103. The first-order valence-electron chi connectivity index (χ1n) is 7.31. The monoisotopic (exact) mass is 257 g/mol. The lowest BCUT2D eigenvalue weighted by atomic mass is 10.0. The SMILES string of the molecule is CC1CC(OCCC(CO)NC2CC2)CC(C)O1. The van der Waals surface area contributed by atoms with Crippen LogP contribution >= 0.6 is 0 Å². The van der Waals surface area contributed by atoms with Gasteiger partial charge in [-0.2, -0.15) is 0 Å². The van der Waals surface area contributed by atoms with E-state index in [2.05, 4.69) is 19.2 Å². The Morgan fingerprint density at radius 2 is 1.94 bits per heavy atom. The fraction of sp³-hybridized carbons (Fsp3) is 1.00. The smallest absolute Gasteiger partial charge is 0.0624 e. The molecule has 1 heterocycles. The largest absolute Gasteiger partial charge is 0.395 e. The van der Waals surface area contributed by atoms with Crippen LogP contribution in [0.5, 0.6) is 0 Å². The van der Waals surface area contributed by atoms with E-state index in [-0.39, 0.29) is 12.6 Å². The van der Waals surface area contributed by atoms with Crippen molar-refractivity contribution in [1.82, 2.24) is 5.32 Å². The van der Waals surface area contributed by atoms with Crippen molar-refractivity contribution >= 4 is 0 Å². The Kier molecular flexibility index (Phi) is 5.42. The Morgan fingerprint density at radius 3 is 2.50 bits per heavy atom. The molecule has 1 aliphatic heterocycles. The highest BCUT2D eigenvalue weighted by molar-refractivity contribution is 4.84. The summed E-state index contributed by atoms with van der Waals surface area (Å²) < 4.78 is 11.6. The predicted octanol–water partition coefficient (Wildman–Crippen LogP) is 1.46. The van der Waals surface area contributed by atoms with Gasteiger partial charge in [0.05, 0.1) is 24.9 Å². The van der Waals surface area contributed by atoms with E-state index in [4.69, 9.17) is 9.47 Å². The van der Waals surface area contributed by atoms with Gasteiger partial charge in [0.15, 0.2) is 0 Å². The van der Waals surface area contributed by atoms with Crippen molar-refractivity contribution in [3.8, 4) is 0 Å². The van der Waals surface area contributed by atoms with Crippen molar-refractivity contribution in [3.63, 3.8) is 0 Å². The molecule has 0 aromatic carbocycles. The zero-order valence-corrected chi connectivity index (χ0v) is 11.6. The first-order valence-corrected chi connectivity index (χ1v) is 7.31. The fourth-order valence-electron chi connectivity index (χ4n) is 2.67. The van der Waals surface area contributed by atoms with Crippen LogP contribution in [-0.2, 0) is 9.47 Å². The number of nitrogens with one attached hydrogen (secondary N) is 1. The number of hydrogen-bond acceptors (Lipinski definition) is 4. The normalized spacial score (nSPS) is 34.5. The lowest BCUT2D eigenvalue weighted by Gasteiger charge is -2.32. The van der Waals surface area contributed by atoms with Crippen LogP contribution in [0.1, 0.15) is 46.0 Å². The van der Waals surface area contributed by atoms with E-state index in [0.29, 0.717) is 24.4 Å². The van der Waals surface area contributed by atoms with E-state index < -0.39 is 0 Å². The molecule has 2 fully saturated rings. The standard InChI is InChI=1S/C14H27NO3/c1-10-7-14(8-11(2)18-10)17-6-5-13(9-16)15-12-3-4-12/h10-16H,3-9H2,1-2H3. The highest BCUT2D eigenvalue weighted by atomic mass is 16.5. The summed E-state index contributed by atoms with van der Waals surface area (Å²) in [5, 5.41) is 12.7. The summed E-state index contributed by atoms with van der Waals surface area (Å²) in [6.07, 6.45) is 6.32. The Hall–Kier alpha value is -0.160. The maximum absolute atomic E-state index is 9.29. The van der Waals surface area contributed by atoms with Crippen LogP contribution in [-0.4, -0.2) is 48.7 Å². The van der Waals surface area contributed by atoms with Crippen LogP contribution in [0.4, 0.5) is 0 Å². The summed E-state index contributed by atoms with van der Waals surface area (Å²) in [5.41, 5.74) is 0. The van der Waals surface area contributed by atoms with Gasteiger partial charge in [-0.05, 0) is 46.0 Å². The second kappa shape index (κ2) is 6.85. The van der Waals surface area contributed by atoms with Crippen LogP contribution in [0.15, 0.2) is 0 Å². The predicted molar refractivity (Wildman–Crippen MR) is 70.6 cm³/mol. The summed E-state index contributed by atoms with van der Waals surface area (Å²) in [6, 6.07) is 0.845. The molecule has 3 atom stereocenters. The number of aliphatic hydroxyl groups is 1. The Morgan fingerprint density at radius 1 is 1.28 bits per heavy atom. The zero-order valence-electron chi connectivity index (χ0n) is 11.6. The summed E-state index contributed by atoms with van der Waals surface area (Å²) in [7, 11) is 0. The Labute approximate surface area is 110 Å². The van der Waals surface area contributed by atoms with E-state index in [9.17, 15) is 5.11 Å². The molecule has 2 rings (SSSR count). The van der Waals surface area contributed by atoms with Gasteiger partial charge in [-0.15, -0.1) is 0 Å². The third-order valence-corrected chi connectivity index (χ3v) is 3.74. The molecule has 0 radical (unpaired) electrons. The van der Waals surface area contributed by atoms with Crippen LogP contribution in [0.3, 0.4) is 0 Å². The second-order valence-corrected chi connectivity index (χ2v) is 5.83. The van der Waals surface area contributed by atoms with Crippen molar-refractivity contribution in [2.45, 2.75) is 76.3 Å². The number of ether oxygens (including phenoxy) is 2. The van der Waals surface area contributed by atoms with E-state index in [1.165, 1.54) is 12.8 Å². The minimum atomic E-state index is 0.201. The summed E-state index contributed by atoms with van der Waals surface area (Å²) >= 11 is 0. The summed E-state index contributed by atoms with van der Waals surface area (Å²) in [6.45, 7) is 5.16. The van der Waals surface area contributed by atoms with Gasteiger partial charge < -0.3 is 19.9 Å². The molecule has 1 aliphatic carbocycles. The molecular formula is C14H27NO3. The van der Waals surface area contributed by atoms with Crippen molar-refractivity contribution in [1.29, 1.82) is 0 Å². The molecule has 2 aliphatic rings. The van der Waals surface area contributed by atoms with Crippen LogP contribution in [0.25, 0.3) is 0 Å². The fourth-order valence-corrected chi connectivity index (χ4v) is 2.67. The van der Waals surface area contributed by atoms with Gasteiger partial charge in [0.2, 0.25) is 0 Å². The van der Waals surface area contributed by atoms with Crippen LogP contribution in [0, 0.1) is 0 Å². The molecule has 1 saturated carbocycles. The highest BCUT2D eigenvalue weighted by Gasteiger charge is 2.26. The van der Waals surface area contributed by atoms with Crippen molar-refractivity contribution < 1.29 is 14.6 Å². The first-order chi connectivity index (χ1) is 8.67. The average Bonchev–Trinajstić information content (AvgIpc) is 3.10. The molecule has 0 aromatic rings. The van der Waals surface area contributed by atoms with Crippen molar-refractivity contribution in [2.24, 2.45) is 0 Å². The molecule has 106 valence electrons.